The molecule has 3 heterocycles. The van der Waals surface area contributed by atoms with Crippen LogP contribution in [0.25, 0.3) is 11.3 Å². The molecule has 28 heavy (non-hydrogen) atoms. The molecule has 1 aliphatic rings. The average Bonchev–Trinajstić information content (AvgIpc) is 2.69. The SMILES string of the molecule is CSc1nccc(-c2nc(CO)c(N3CCC(C)([C@@H](C)N)CC3)nc2C)c1Cl. The van der Waals surface area contributed by atoms with E-state index in [1.807, 2.05) is 19.2 Å². The molecule has 1 atom stereocenters. The quantitative estimate of drug-likeness (QED) is 0.712. The summed E-state index contributed by atoms with van der Waals surface area (Å²) >= 11 is 8.01. The van der Waals surface area contributed by atoms with Crippen LogP contribution in [-0.4, -0.2) is 45.4 Å². The second-order valence-corrected chi connectivity index (χ2v) is 8.87. The van der Waals surface area contributed by atoms with Crippen LogP contribution in [-0.2, 0) is 6.61 Å². The van der Waals surface area contributed by atoms with Crippen LogP contribution >= 0.6 is 23.4 Å². The van der Waals surface area contributed by atoms with Crippen LogP contribution in [0.5, 0.6) is 0 Å². The molecule has 0 aromatic carbocycles. The minimum Gasteiger partial charge on any atom is -0.390 e. The minimum absolute atomic E-state index is 0.136. The Kier molecular flexibility index (Phi) is 6.49. The van der Waals surface area contributed by atoms with Crippen molar-refractivity contribution in [2.75, 3.05) is 24.2 Å². The lowest BCUT2D eigenvalue weighted by molar-refractivity contribution is 0.204. The zero-order chi connectivity index (χ0) is 20.5. The van der Waals surface area contributed by atoms with Crippen LogP contribution < -0.4 is 10.6 Å². The summed E-state index contributed by atoms with van der Waals surface area (Å²) in [5.74, 6) is 0.755. The smallest absolute Gasteiger partial charge is 0.153 e. The van der Waals surface area contributed by atoms with E-state index in [0.29, 0.717) is 16.4 Å². The van der Waals surface area contributed by atoms with E-state index in [1.54, 1.807) is 6.20 Å². The Bertz CT molecular complexity index is 853. The number of thioether (sulfide) groups is 1. The van der Waals surface area contributed by atoms with Gasteiger partial charge in [-0.25, -0.2) is 15.0 Å². The van der Waals surface area contributed by atoms with E-state index < -0.39 is 0 Å². The molecule has 0 spiro atoms. The summed E-state index contributed by atoms with van der Waals surface area (Å²) in [6.07, 6.45) is 5.64. The van der Waals surface area contributed by atoms with Gasteiger partial charge >= 0.3 is 0 Å². The number of rotatable bonds is 5. The molecule has 3 N–H and O–H groups in total. The molecule has 2 aromatic rings. The van der Waals surface area contributed by atoms with Gasteiger partial charge in [-0.15, -0.1) is 11.8 Å². The van der Waals surface area contributed by atoms with Gasteiger partial charge in [0.1, 0.15) is 10.7 Å². The lowest BCUT2D eigenvalue weighted by atomic mass is 9.75. The van der Waals surface area contributed by atoms with E-state index in [4.69, 9.17) is 27.3 Å². The third-order valence-corrected chi connectivity index (χ3v) is 7.07. The topological polar surface area (TPSA) is 88.2 Å². The predicted octanol–water partition coefficient (Wildman–Crippen LogP) is 3.67. The standard InChI is InChI=1S/C20H28ClN5OS/c1-12-17(14-5-8-23-19(28-4)16(14)21)25-15(11-27)18(24-12)26-9-6-20(3,7-10-26)13(2)22/h5,8,13,27H,6-7,9-11,22H2,1-4H3/t13-/m1/s1. The van der Waals surface area contributed by atoms with Crippen molar-refractivity contribution in [3.8, 4) is 11.3 Å². The molecule has 0 bridgehead atoms. The summed E-state index contributed by atoms with van der Waals surface area (Å²) in [7, 11) is 0. The van der Waals surface area contributed by atoms with E-state index >= 15 is 0 Å². The van der Waals surface area contributed by atoms with E-state index in [-0.39, 0.29) is 18.1 Å². The van der Waals surface area contributed by atoms with Gasteiger partial charge in [-0.2, -0.15) is 0 Å². The highest BCUT2D eigenvalue weighted by Crippen LogP contribution is 2.37. The van der Waals surface area contributed by atoms with Crippen molar-refractivity contribution in [2.24, 2.45) is 11.1 Å². The molecule has 1 fully saturated rings. The van der Waals surface area contributed by atoms with Gasteiger partial charge < -0.3 is 15.7 Å². The van der Waals surface area contributed by atoms with Crippen molar-refractivity contribution in [3.63, 3.8) is 0 Å². The van der Waals surface area contributed by atoms with Crippen molar-refractivity contribution in [2.45, 2.75) is 51.3 Å². The van der Waals surface area contributed by atoms with Gasteiger partial charge in [-0.3, -0.25) is 0 Å². The number of nitrogens with two attached hydrogens (primary N) is 1. The number of nitrogens with zero attached hydrogens (tertiary/aromatic N) is 4. The van der Waals surface area contributed by atoms with Crippen molar-refractivity contribution < 1.29 is 5.11 Å². The maximum atomic E-state index is 9.97. The molecule has 0 aliphatic carbocycles. The van der Waals surface area contributed by atoms with Crippen molar-refractivity contribution >= 4 is 29.2 Å². The Labute approximate surface area is 175 Å². The molecule has 2 aromatic heterocycles. The van der Waals surface area contributed by atoms with Gasteiger partial charge in [0, 0.05) is 30.9 Å². The fraction of sp³-hybridized carbons (Fsp3) is 0.550. The maximum absolute atomic E-state index is 9.97. The Morgan fingerprint density at radius 2 is 2.04 bits per heavy atom. The predicted molar refractivity (Wildman–Crippen MR) is 116 cm³/mol. The number of hydrogen-bond donors (Lipinski definition) is 2. The van der Waals surface area contributed by atoms with Crippen LogP contribution in [0.4, 0.5) is 5.82 Å². The highest BCUT2D eigenvalue weighted by Gasteiger charge is 2.34. The summed E-state index contributed by atoms with van der Waals surface area (Å²) in [5, 5.41) is 11.3. The van der Waals surface area contributed by atoms with E-state index in [2.05, 4.69) is 23.7 Å². The Balaban J connectivity index is 1.96. The third kappa shape index (κ3) is 3.99. The summed E-state index contributed by atoms with van der Waals surface area (Å²) in [5.41, 5.74) is 9.15. The number of halogens is 1. The molecular weight excluding hydrogens is 394 g/mol. The lowest BCUT2D eigenvalue weighted by Crippen LogP contribution is -2.47. The van der Waals surface area contributed by atoms with Crippen LogP contribution in [0.1, 0.15) is 38.1 Å². The Hall–Kier alpha value is -1.41. The summed E-state index contributed by atoms with van der Waals surface area (Å²) in [6.45, 7) is 7.79. The molecular formula is C20H28ClN5OS. The first-order valence-electron chi connectivity index (χ1n) is 9.48. The van der Waals surface area contributed by atoms with Crippen LogP contribution in [0, 0.1) is 12.3 Å². The number of piperidine rings is 1. The van der Waals surface area contributed by atoms with Gasteiger partial charge in [0.15, 0.2) is 5.82 Å². The molecule has 152 valence electrons. The molecule has 0 amide bonds. The molecule has 0 unspecified atom stereocenters. The average molecular weight is 422 g/mol. The van der Waals surface area contributed by atoms with Gasteiger partial charge in [-0.05, 0) is 44.4 Å². The zero-order valence-electron chi connectivity index (χ0n) is 16.9. The molecule has 0 radical (unpaired) electrons. The van der Waals surface area contributed by atoms with E-state index in [0.717, 1.165) is 48.0 Å². The van der Waals surface area contributed by atoms with Crippen LogP contribution in [0.2, 0.25) is 5.02 Å². The second kappa shape index (κ2) is 8.53. The zero-order valence-corrected chi connectivity index (χ0v) is 18.4. The van der Waals surface area contributed by atoms with Crippen molar-refractivity contribution in [1.82, 2.24) is 15.0 Å². The lowest BCUT2D eigenvalue weighted by Gasteiger charge is -2.42. The Morgan fingerprint density at radius 3 is 2.61 bits per heavy atom. The number of pyridine rings is 1. The molecule has 6 nitrogen and oxygen atoms in total. The van der Waals surface area contributed by atoms with E-state index in [9.17, 15) is 5.11 Å². The molecule has 0 saturated carbocycles. The number of anilines is 1. The van der Waals surface area contributed by atoms with Crippen LogP contribution in [0.15, 0.2) is 17.3 Å². The highest BCUT2D eigenvalue weighted by molar-refractivity contribution is 7.98. The maximum Gasteiger partial charge on any atom is 0.153 e. The first kappa shape index (κ1) is 21.3. The largest absolute Gasteiger partial charge is 0.390 e. The van der Waals surface area contributed by atoms with Crippen molar-refractivity contribution in [1.29, 1.82) is 0 Å². The van der Waals surface area contributed by atoms with Crippen LogP contribution in [0.3, 0.4) is 0 Å². The summed E-state index contributed by atoms with van der Waals surface area (Å²) in [6, 6.07) is 2.00. The number of aromatic nitrogens is 3. The number of hydrogen-bond acceptors (Lipinski definition) is 7. The molecule has 1 saturated heterocycles. The Morgan fingerprint density at radius 1 is 1.36 bits per heavy atom. The molecule has 1 aliphatic heterocycles. The monoisotopic (exact) mass is 421 g/mol. The number of aliphatic hydroxyl groups is 1. The first-order valence-corrected chi connectivity index (χ1v) is 11.1. The fourth-order valence-electron chi connectivity index (χ4n) is 3.59. The minimum atomic E-state index is -0.172. The van der Waals surface area contributed by atoms with Gasteiger partial charge in [0.2, 0.25) is 0 Å². The summed E-state index contributed by atoms with van der Waals surface area (Å²) in [4.78, 5) is 16.1. The number of aryl methyl sites for hydroxylation is 1. The summed E-state index contributed by atoms with van der Waals surface area (Å²) < 4.78 is 0. The normalized spacial score (nSPS) is 17.6. The van der Waals surface area contributed by atoms with Gasteiger partial charge in [-0.1, -0.05) is 18.5 Å². The van der Waals surface area contributed by atoms with Gasteiger partial charge in [0.05, 0.1) is 23.0 Å². The first-order chi connectivity index (χ1) is 13.3. The fourth-order valence-corrected chi connectivity index (χ4v) is 4.48. The molecule has 3 rings (SSSR count). The second-order valence-electron chi connectivity index (χ2n) is 7.70. The van der Waals surface area contributed by atoms with E-state index in [1.165, 1.54) is 11.8 Å². The highest BCUT2D eigenvalue weighted by atomic mass is 35.5. The van der Waals surface area contributed by atoms with Crippen molar-refractivity contribution in [3.05, 3.63) is 28.7 Å². The molecule has 8 heteroatoms. The number of aliphatic hydroxyl groups excluding tert-OH is 1. The third-order valence-electron chi connectivity index (χ3n) is 5.88. The van der Waals surface area contributed by atoms with Gasteiger partial charge in [0.25, 0.3) is 0 Å².